The summed E-state index contributed by atoms with van der Waals surface area (Å²) in [6.45, 7) is -0.0120. The highest BCUT2D eigenvalue weighted by molar-refractivity contribution is 5.82. The zero-order chi connectivity index (χ0) is 30.9. The van der Waals surface area contributed by atoms with Gasteiger partial charge in [0.05, 0.1) is 0 Å². The standard InChI is InChI=1S/C34H35F4N3O2/c1-40(22-26-11-5-2-6-12-26)25-30(21-35)39-33(32(42)43,34(36,37)38)29-17-19-31(20-18-29)41(23-27-13-7-3-8-14-27)24-28-15-9-4-10-16-28/h2-20,30,39H,21-25H2,1H3,(H,42,43). The monoisotopic (exact) mass is 593 g/mol. The number of likely N-dealkylation sites (N-methyl/N-ethyl adjacent to an activating group) is 1. The van der Waals surface area contributed by atoms with Gasteiger partial charge in [-0.2, -0.15) is 13.2 Å². The lowest BCUT2D eigenvalue weighted by atomic mass is 9.87. The Bertz CT molecular complexity index is 1380. The Balaban J connectivity index is 1.63. The lowest BCUT2D eigenvalue weighted by Crippen LogP contribution is -2.64. The normalized spacial score (nSPS) is 13.8. The summed E-state index contributed by atoms with van der Waals surface area (Å²) >= 11 is 0. The van der Waals surface area contributed by atoms with Crippen LogP contribution < -0.4 is 10.2 Å². The Morgan fingerprint density at radius 3 is 1.58 bits per heavy atom. The summed E-state index contributed by atoms with van der Waals surface area (Å²) in [5, 5.41) is 12.2. The van der Waals surface area contributed by atoms with E-state index in [1.54, 1.807) is 11.9 Å². The molecule has 0 aliphatic heterocycles. The summed E-state index contributed by atoms with van der Waals surface area (Å²) in [5.41, 5.74) is -0.523. The number of rotatable bonds is 14. The van der Waals surface area contributed by atoms with E-state index in [0.29, 0.717) is 25.3 Å². The molecule has 43 heavy (non-hydrogen) atoms. The van der Waals surface area contributed by atoms with Gasteiger partial charge in [-0.15, -0.1) is 0 Å². The number of hydrogen-bond acceptors (Lipinski definition) is 4. The molecular formula is C34H35F4N3O2. The average molecular weight is 594 g/mol. The fourth-order valence-corrected chi connectivity index (χ4v) is 5.18. The van der Waals surface area contributed by atoms with E-state index in [4.69, 9.17) is 0 Å². The molecule has 226 valence electrons. The number of carbonyl (C=O) groups is 1. The first-order valence-corrected chi connectivity index (χ1v) is 13.9. The molecule has 0 saturated heterocycles. The SMILES string of the molecule is CN(Cc1ccccc1)CC(CF)NC(C(=O)O)(c1ccc(N(Cc2ccccc2)Cc2ccccc2)cc1)C(F)(F)F. The van der Waals surface area contributed by atoms with Gasteiger partial charge in [-0.05, 0) is 41.4 Å². The molecule has 4 rings (SSSR count). The van der Waals surface area contributed by atoms with Crippen LogP contribution in [-0.4, -0.2) is 48.5 Å². The molecule has 0 amide bonds. The minimum absolute atomic E-state index is 0.142. The van der Waals surface area contributed by atoms with Crippen molar-refractivity contribution in [3.05, 3.63) is 138 Å². The number of nitrogens with one attached hydrogen (secondary N) is 1. The number of nitrogens with zero attached hydrogens (tertiary/aromatic N) is 2. The van der Waals surface area contributed by atoms with Crippen molar-refractivity contribution < 1.29 is 27.5 Å². The number of hydrogen-bond donors (Lipinski definition) is 2. The highest BCUT2D eigenvalue weighted by atomic mass is 19.4. The Morgan fingerprint density at radius 2 is 1.19 bits per heavy atom. The summed E-state index contributed by atoms with van der Waals surface area (Å²) in [4.78, 5) is 16.1. The van der Waals surface area contributed by atoms with Crippen LogP contribution in [0.2, 0.25) is 0 Å². The van der Waals surface area contributed by atoms with Crippen LogP contribution in [0.1, 0.15) is 22.3 Å². The number of anilines is 1. The van der Waals surface area contributed by atoms with Crippen molar-refractivity contribution in [2.75, 3.05) is 25.2 Å². The third-order valence-corrected chi connectivity index (χ3v) is 7.28. The number of aliphatic carboxylic acids is 1. The highest BCUT2D eigenvalue weighted by Gasteiger charge is 2.63. The molecule has 0 heterocycles. The molecule has 0 saturated carbocycles. The van der Waals surface area contributed by atoms with Gasteiger partial charge in [0.15, 0.2) is 0 Å². The molecule has 4 aromatic rings. The predicted molar refractivity (Wildman–Crippen MR) is 160 cm³/mol. The summed E-state index contributed by atoms with van der Waals surface area (Å²) in [6.07, 6.45) is -5.26. The molecule has 0 aromatic heterocycles. The fourth-order valence-electron chi connectivity index (χ4n) is 5.18. The van der Waals surface area contributed by atoms with Gasteiger partial charge in [0, 0.05) is 37.9 Å². The van der Waals surface area contributed by atoms with E-state index in [1.165, 1.54) is 12.1 Å². The molecule has 0 aliphatic carbocycles. The Labute approximate surface area is 249 Å². The average Bonchev–Trinajstić information content (AvgIpc) is 3.00. The van der Waals surface area contributed by atoms with Crippen molar-refractivity contribution >= 4 is 11.7 Å². The van der Waals surface area contributed by atoms with E-state index < -0.39 is 36.0 Å². The molecule has 9 heteroatoms. The molecule has 0 aliphatic rings. The van der Waals surface area contributed by atoms with E-state index in [-0.39, 0.29) is 6.54 Å². The van der Waals surface area contributed by atoms with Crippen molar-refractivity contribution in [3.63, 3.8) is 0 Å². The number of alkyl halides is 4. The molecule has 0 spiro atoms. The van der Waals surface area contributed by atoms with Gasteiger partial charge in [0.1, 0.15) is 6.67 Å². The van der Waals surface area contributed by atoms with Crippen LogP contribution in [0.15, 0.2) is 115 Å². The fraction of sp³-hybridized carbons (Fsp3) is 0.265. The van der Waals surface area contributed by atoms with Crippen LogP contribution in [0.5, 0.6) is 0 Å². The largest absolute Gasteiger partial charge is 0.479 e. The molecule has 0 fully saturated rings. The van der Waals surface area contributed by atoms with Crippen molar-refractivity contribution in [2.24, 2.45) is 0 Å². The summed E-state index contributed by atoms with van der Waals surface area (Å²) in [6, 6.07) is 32.4. The van der Waals surface area contributed by atoms with Crippen molar-refractivity contribution in [2.45, 2.75) is 37.4 Å². The van der Waals surface area contributed by atoms with E-state index in [1.807, 2.05) is 95.9 Å². The first-order valence-electron chi connectivity index (χ1n) is 13.9. The van der Waals surface area contributed by atoms with E-state index in [9.17, 15) is 27.5 Å². The smallest absolute Gasteiger partial charge is 0.421 e. The number of carboxylic acids is 1. The molecule has 5 nitrogen and oxygen atoms in total. The third kappa shape index (κ3) is 8.00. The Kier molecular flexibility index (Phi) is 10.6. The molecule has 0 radical (unpaired) electrons. The van der Waals surface area contributed by atoms with Crippen LogP contribution in [0, 0.1) is 0 Å². The van der Waals surface area contributed by atoms with Crippen molar-refractivity contribution in [1.29, 1.82) is 0 Å². The van der Waals surface area contributed by atoms with Crippen LogP contribution >= 0.6 is 0 Å². The molecule has 2 unspecified atom stereocenters. The Hall–Kier alpha value is -4.21. The topological polar surface area (TPSA) is 55.8 Å². The maximum Gasteiger partial charge on any atom is 0.421 e. The molecular weight excluding hydrogens is 558 g/mol. The second kappa shape index (κ2) is 14.3. The summed E-state index contributed by atoms with van der Waals surface area (Å²) < 4.78 is 58.4. The lowest BCUT2D eigenvalue weighted by molar-refractivity contribution is -0.215. The predicted octanol–water partition coefficient (Wildman–Crippen LogP) is 6.80. The molecule has 2 N–H and O–H groups in total. The number of benzene rings is 4. The zero-order valence-electron chi connectivity index (χ0n) is 23.8. The number of halogens is 4. The van der Waals surface area contributed by atoms with E-state index >= 15 is 0 Å². The quantitative estimate of drug-likeness (QED) is 0.158. The van der Waals surface area contributed by atoms with Crippen molar-refractivity contribution in [3.8, 4) is 0 Å². The van der Waals surface area contributed by atoms with Gasteiger partial charge in [-0.3, -0.25) is 5.32 Å². The van der Waals surface area contributed by atoms with Gasteiger partial charge < -0.3 is 14.9 Å². The van der Waals surface area contributed by atoms with Gasteiger partial charge in [-0.25, -0.2) is 9.18 Å². The number of carboxylic acid groups (broad SMARTS) is 1. The summed E-state index contributed by atoms with van der Waals surface area (Å²) in [7, 11) is 1.65. The van der Waals surface area contributed by atoms with Gasteiger partial charge in [0.2, 0.25) is 5.54 Å². The Morgan fingerprint density at radius 1 is 0.744 bits per heavy atom. The maximum absolute atomic E-state index is 14.7. The molecule has 4 aromatic carbocycles. The van der Waals surface area contributed by atoms with E-state index in [2.05, 4.69) is 5.32 Å². The van der Waals surface area contributed by atoms with Crippen LogP contribution in [-0.2, 0) is 30.0 Å². The molecule has 2 atom stereocenters. The second-order valence-corrected chi connectivity index (χ2v) is 10.6. The van der Waals surface area contributed by atoms with Crippen molar-refractivity contribution in [1.82, 2.24) is 10.2 Å². The third-order valence-electron chi connectivity index (χ3n) is 7.28. The minimum Gasteiger partial charge on any atom is -0.479 e. The molecule has 0 bridgehead atoms. The van der Waals surface area contributed by atoms with Gasteiger partial charge in [-0.1, -0.05) is 103 Å². The first kappa shape index (κ1) is 31.7. The van der Waals surface area contributed by atoms with Gasteiger partial charge >= 0.3 is 12.1 Å². The minimum atomic E-state index is -5.26. The highest BCUT2D eigenvalue weighted by Crippen LogP contribution is 2.41. The van der Waals surface area contributed by atoms with Crippen LogP contribution in [0.4, 0.5) is 23.2 Å². The van der Waals surface area contributed by atoms with Crippen LogP contribution in [0.3, 0.4) is 0 Å². The van der Waals surface area contributed by atoms with Crippen LogP contribution in [0.25, 0.3) is 0 Å². The first-order chi connectivity index (χ1) is 20.6. The second-order valence-electron chi connectivity index (χ2n) is 10.6. The van der Waals surface area contributed by atoms with Gasteiger partial charge in [0.25, 0.3) is 0 Å². The zero-order valence-corrected chi connectivity index (χ0v) is 23.8. The lowest BCUT2D eigenvalue weighted by Gasteiger charge is -2.37. The van der Waals surface area contributed by atoms with E-state index in [0.717, 1.165) is 28.8 Å². The summed E-state index contributed by atoms with van der Waals surface area (Å²) in [5.74, 6) is -2.15. The maximum atomic E-state index is 14.7.